The Morgan fingerprint density at radius 2 is 1.24 bits per heavy atom. The molecule has 1 aliphatic carbocycles. The summed E-state index contributed by atoms with van der Waals surface area (Å²) in [6.07, 6.45) is 13.3. The lowest BCUT2D eigenvalue weighted by Gasteiger charge is -2.46. The molecule has 1 saturated heterocycles. The van der Waals surface area contributed by atoms with Crippen molar-refractivity contribution in [2.24, 2.45) is 11.8 Å². The maximum Gasteiger partial charge on any atom is 0.00955 e. The standard InChI is InChI=1S/C16H31N/c1-14(2)15-12-17(13-15)16-10-8-6-4-3-5-7-9-11-16/h14-16H,3-13H2,1-2H3. The molecule has 100 valence electrons. The first kappa shape index (κ1) is 13.4. The molecular formula is C16H31N. The molecule has 0 aromatic carbocycles. The average molecular weight is 237 g/mol. The van der Waals surface area contributed by atoms with Crippen molar-refractivity contribution >= 4 is 0 Å². The van der Waals surface area contributed by atoms with Crippen LogP contribution in [0.4, 0.5) is 0 Å². The highest BCUT2D eigenvalue weighted by molar-refractivity contribution is 4.87. The maximum atomic E-state index is 2.78. The van der Waals surface area contributed by atoms with Crippen molar-refractivity contribution in [3.8, 4) is 0 Å². The lowest BCUT2D eigenvalue weighted by atomic mass is 9.85. The summed E-state index contributed by atoms with van der Waals surface area (Å²) in [6, 6.07) is 0.933. The molecule has 1 heteroatoms. The van der Waals surface area contributed by atoms with Crippen LogP contribution in [-0.4, -0.2) is 24.0 Å². The Bertz CT molecular complexity index is 196. The van der Waals surface area contributed by atoms with E-state index in [1.165, 1.54) is 70.9 Å². The van der Waals surface area contributed by atoms with Crippen LogP contribution in [0.15, 0.2) is 0 Å². The van der Waals surface area contributed by atoms with E-state index in [2.05, 4.69) is 18.7 Å². The van der Waals surface area contributed by atoms with Crippen LogP contribution in [0.2, 0.25) is 0 Å². The Kier molecular flexibility index (Phi) is 5.34. The molecule has 0 aromatic heterocycles. The number of hydrogen-bond donors (Lipinski definition) is 0. The molecule has 0 bridgehead atoms. The second-order valence-electron chi connectivity index (χ2n) is 6.66. The topological polar surface area (TPSA) is 3.24 Å². The summed E-state index contributed by atoms with van der Waals surface area (Å²) >= 11 is 0. The van der Waals surface area contributed by atoms with Crippen molar-refractivity contribution in [3.05, 3.63) is 0 Å². The first-order valence-corrected chi connectivity index (χ1v) is 8.01. The van der Waals surface area contributed by atoms with E-state index >= 15 is 0 Å². The van der Waals surface area contributed by atoms with Crippen molar-refractivity contribution in [1.82, 2.24) is 4.90 Å². The van der Waals surface area contributed by atoms with Gasteiger partial charge in [0.2, 0.25) is 0 Å². The zero-order chi connectivity index (χ0) is 12.1. The minimum absolute atomic E-state index is 0.894. The summed E-state index contributed by atoms with van der Waals surface area (Å²) in [6.45, 7) is 7.55. The molecule has 0 atom stereocenters. The smallest absolute Gasteiger partial charge is 0.00955 e. The summed E-state index contributed by atoms with van der Waals surface area (Å²) in [7, 11) is 0. The number of nitrogens with zero attached hydrogens (tertiary/aromatic N) is 1. The van der Waals surface area contributed by atoms with E-state index < -0.39 is 0 Å². The summed E-state index contributed by atoms with van der Waals surface area (Å²) < 4.78 is 0. The lowest BCUT2D eigenvalue weighted by Crippen LogP contribution is -2.53. The first-order valence-electron chi connectivity index (χ1n) is 8.01. The minimum atomic E-state index is 0.894. The van der Waals surface area contributed by atoms with Gasteiger partial charge >= 0.3 is 0 Å². The third kappa shape index (κ3) is 3.98. The molecule has 1 heterocycles. The van der Waals surface area contributed by atoms with Gasteiger partial charge in [0, 0.05) is 19.1 Å². The minimum Gasteiger partial charge on any atom is -0.300 e. The molecular weight excluding hydrogens is 206 g/mol. The summed E-state index contributed by atoms with van der Waals surface area (Å²) in [5, 5.41) is 0. The second-order valence-corrected chi connectivity index (χ2v) is 6.66. The molecule has 0 radical (unpaired) electrons. The Hall–Kier alpha value is -0.0400. The number of hydrogen-bond acceptors (Lipinski definition) is 1. The van der Waals surface area contributed by atoms with Gasteiger partial charge in [0.1, 0.15) is 0 Å². The first-order chi connectivity index (χ1) is 8.27. The Labute approximate surface area is 108 Å². The van der Waals surface area contributed by atoms with Gasteiger partial charge < -0.3 is 0 Å². The molecule has 0 amide bonds. The van der Waals surface area contributed by atoms with Gasteiger partial charge in [0.25, 0.3) is 0 Å². The fraction of sp³-hybridized carbons (Fsp3) is 1.00. The molecule has 17 heavy (non-hydrogen) atoms. The van der Waals surface area contributed by atoms with Crippen molar-refractivity contribution in [1.29, 1.82) is 0 Å². The molecule has 1 aliphatic heterocycles. The predicted octanol–water partition coefficient (Wildman–Crippen LogP) is 4.47. The third-order valence-electron chi connectivity index (χ3n) is 4.97. The molecule has 0 spiro atoms. The molecule has 2 rings (SSSR count). The molecule has 0 aromatic rings. The Balaban J connectivity index is 1.73. The fourth-order valence-corrected chi connectivity index (χ4v) is 3.42. The number of likely N-dealkylation sites (tertiary alicyclic amines) is 1. The average Bonchev–Trinajstić information content (AvgIpc) is 2.24. The van der Waals surface area contributed by atoms with Crippen LogP contribution in [0.1, 0.15) is 71.6 Å². The van der Waals surface area contributed by atoms with Gasteiger partial charge in [-0.2, -0.15) is 0 Å². The van der Waals surface area contributed by atoms with Gasteiger partial charge in [-0.15, -0.1) is 0 Å². The van der Waals surface area contributed by atoms with Crippen molar-refractivity contribution in [2.45, 2.75) is 77.7 Å². The van der Waals surface area contributed by atoms with Crippen molar-refractivity contribution < 1.29 is 0 Å². The Morgan fingerprint density at radius 3 is 1.71 bits per heavy atom. The van der Waals surface area contributed by atoms with Gasteiger partial charge in [0.15, 0.2) is 0 Å². The zero-order valence-electron chi connectivity index (χ0n) is 12.0. The van der Waals surface area contributed by atoms with E-state index in [0.29, 0.717) is 0 Å². The van der Waals surface area contributed by atoms with Crippen LogP contribution in [0.3, 0.4) is 0 Å². The van der Waals surface area contributed by atoms with E-state index in [1.807, 2.05) is 0 Å². The quantitative estimate of drug-likeness (QED) is 0.685. The Morgan fingerprint density at radius 1 is 0.765 bits per heavy atom. The predicted molar refractivity (Wildman–Crippen MR) is 75.2 cm³/mol. The zero-order valence-corrected chi connectivity index (χ0v) is 12.0. The highest BCUT2D eigenvalue weighted by Gasteiger charge is 2.33. The van der Waals surface area contributed by atoms with Crippen LogP contribution in [0.5, 0.6) is 0 Å². The van der Waals surface area contributed by atoms with Crippen LogP contribution < -0.4 is 0 Å². The molecule has 0 N–H and O–H groups in total. The molecule has 1 nitrogen and oxygen atoms in total. The highest BCUT2D eigenvalue weighted by Crippen LogP contribution is 2.30. The highest BCUT2D eigenvalue weighted by atomic mass is 15.2. The normalized spacial score (nSPS) is 27.0. The van der Waals surface area contributed by atoms with E-state index in [1.54, 1.807) is 0 Å². The molecule has 0 unspecified atom stereocenters. The van der Waals surface area contributed by atoms with Crippen molar-refractivity contribution in [2.75, 3.05) is 13.1 Å². The van der Waals surface area contributed by atoms with Crippen LogP contribution in [-0.2, 0) is 0 Å². The summed E-state index contributed by atoms with van der Waals surface area (Å²) in [4.78, 5) is 2.78. The molecule has 2 aliphatic rings. The fourth-order valence-electron chi connectivity index (χ4n) is 3.42. The van der Waals surface area contributed by atoms with Crippen LogP contribution >= 0.6 is 0 Å². The van der Waals surface area contributed by atoms with E-state index in [0.717, 1.165) is 17.9 Å². The van der Waals surface area contributed by atoms with Crippen LogP contribution in [0, 0.1) is 11.8 Å². The van der Waals surface area contributed by atoms with Crippen molar-refractivity contribution in [3.63, 3.8) is 0 Å². The lowest BCUT2D eigenvalue weighted by molar-refractivity contribution is 0.0188. The van der Waals surface area contributed by atoms with Gasteiger partial charge in [-0.1, -0.05) is 58.8 Å². The molecule has 2 fully saturated rings. The van der Waals surface area contributed by atoms with E-state index in [4.69, 9.17) is 0 Å². The van der Waals surface area contributed by atoms with Gasteiger partial charge in [-0.05, 0) is 24.7 Å². The molecule has 1 saturated carbocycles. The van der Waals surface area contributed by atoms with Gasteiger partial charge in [0.05, 0.1) is 0 Å². The summed E-state index contributed by atoms with van der Waals surface area (Å²) in [5.74, 6) is 1.89. The van der Waals surface area contributed by atoms with Gasteiger partial charge in [-0.25, -0.2) is 0 Å². The second kappa shape index (κ2) is 6.78. The summed E-state index contributed by atoms with van der Waals surface area (Å²) in [5.41, 5.74) is 0. The van der Waals surface area contributed by atoms with E-state index in [-0.39, 0.29) is 0 Å². The maximum absolute atomic E-state index is 2.78. The monoisotopic (exact) mass is 237 g/mol. The van der Waals surface area contributed by atoms with Gasteiger partial charge in [-0.3, -0.25) is 4.90 Å². The van der Waals surface area contributed by atoms with Crippen LogP contribution in [0.25, 0.3) is 0 Å². The van der Waals surface area contributed by atoms with E-state index in [9.17, 15) is 0 Å². The SMILES string of the molecule is CC(C)C1CN(C2CCCCCCCCC2)C1. The number of rotatable bonds is 2. The largest absolute Gasteiger partial charge is 0.300 e. The third-order valence-corrected chi connectivity index (χ3v) is 4.97.